The van der Waals surface area contributed by atoms with Crippen LogP contribution in [0.1, 0.15) is 18.9 Å². The fraction of sp³-hybridized carbons (Fsp3) is 0.500. The summed E-state index contributed by atoms with van der Waals surface area (Å²) in [5.41, 5.74) is 1.29. The van der Waals surface area contributed by atoms with Crippen LogP contribution in [0.2, 0.25) is 0 Å². The summed E-state index contributed by atoms with van der Waals surface area (Å²) in [5, 5.41) is 6.75. The first-order valence-corrected chi connectivity index (χ1v) is 7.18. The van der Waals surface area contributed by atoms with Gasteiger partial charge in [0.05, 0.1) is 0 Å². The highest BCUT2D eigenvalue weighted by molar-refractivity contribution is 9.11. The average Bonchev–Trinajstić information content (AvgIpc) is 2.28. The second kappa shape index (κ2) is 8.23. The van der Waals surface area contributed by atoms with Crippen molar-refractivity contribution in [3.05, 3.63) is 32.7 Å². The highest BCUT2D eigenvalue weighted by Crippen LogP contribution is 2.21. The molecule has 0 aliphatic heterocycles. The van der Waals surface area contributed by atoms with E-state index in [1.165, 1.54) is 12.0 Å². The molecule has 0 saturated heterocycles. The third-order valence-electron chi connectivity index (χ3n) is 2.28. The van der Waals surface area contributed by atoms with Crippen LogP contribution in [-0.2, 0) is 6.54 Å². The monoisotopic (exact) mass is 348 g/mol. The van der Waals surface area contributed by atoms with Gasteiger partial charge in [-0.15, -0.1) is 0 Å². The van der Waals surface area contributed by atoms with Crippen LogP contribution in [0.25, 0.3) is 0 Å². The summed E-state index contributed by atoms with van der Waals surface area (Å²) in [6.45, 7) is 6.23. The Kier molecular flexibility index (Phi) is 7.28. The normalized spacial score (nSPS) is 10.7. The molecule has 0 radical (unpaired) electrons. The predicted molar refractivity (Wildman–Crippen MR) is 76.7 cm³/mol. The smallest absolute Gasteiger partial charge is 0.0221 e. The van der Waals surface area contributed by atoms with Crippen molar-refractivity contribution in [2.24, 2.45) is 0 Å². The minimum atomic E-state index is 0.909. The molecule has 1 aromatic rings. The Morgan fingerprint density at radius 1 is 1.12 bits per heavy atom. The van der Waals surface area contributed by atoms with E-state index < -0.39 is 0 Å². The van der Waals surface area contributed by atoms with Gasteiger partial charge in [-0.1, -0.05) is 38.8 Å². The lowest BCUT2D eigenvalue weighted by atomic mass is 10.2. The molecule has 0 aliphatic rings. The third-order valence-corrected chi connectivity index (χ3v) is 3.55. The molecule has 0 heterocycles. The fourth-order valence-corrected chi connectivity index (χ4v) is 2.21. The van der Waals surface area contributed by atoms with Gasteiger partial charge in [0.15, 0.2) is 0 Å². The lowest BCUT2D eigenvalue weighted by molar-refractivity contribution is 0.605. The summed E-state index contributed by atoms with van der Waals surface area (Å²) in [7, 11) is 0. The van der Waals surface area contributed by atoms with Crippen LogP contribution in [0.15, 0.2) is 27.1 Å². The Morgan fingerprint density at radius 2 is 1.88 bits per heavy atom. The maximum absolute atomic E-state index is 3.55. The first-order valence-electron chi connectivity index (χ1n) is 5.59. The van der Waals surface area contributed by atoms with E-state index in [1.54, 1.807) is 0 Å². The van der Waals surface area contributed by atoms with Crippen LogP contribution in [0.3, 0.4) is 0 Å². The van der Waals surface area contributed by atoms with Gasteiger partial charge in [0.2, 0.25) is 0 Å². The lowest BCUT2D eigenvalue weighted by Gasteiger charge is -2.07. The van der Waals surface area contributed by atoms with Crippen molar-refractivity contribution in [1.82, 2.24) is 10.6 Å². The predicted octanol–water partition coefficient (Wildman–Crippen LogP) is 3.30. The molecule has 1 aromatic carbocycles. The molecule has 16 heavy (non-hydrogen) atoms. The molecule has 0 spiro atoms. The van der Waals surface area contributed by atoms with Crippen LogP contribution in [-0.4, -0.2) is 19.6 Å². The maximum Gasteiger partial charge on any atom is 0.0221 e. The van der Waals surface area contributed by atoms with E-state index in [4.69, 9.17) is 0 Å². The van der Waals surface area contributed by atoms with Crippen molar-refractivity contribution in [1.29, 1.82) is 0 Å². The largest absolute Gasteiger partial charge is 0.317 e. The minimum Gasteiger partial charge on any atom is -0.317 e. The molecular weight excluding hydrogens is 332 g/mol. The van der Waals surface area contributed by atoms with Crippen molar-refractivity contribution in [2.75, 3.05) is 19.6 Å². The van der Waals surface area contributed by atoms with Crippen LogP contribution in [0.4, 0.5) is 0 Å². The van der Waals surface area contributed by atoms with E-state index in [0.717, 1.165) is 35.1 Å². The quantitative estimate of drug-likeness (QED) is 0.738. The van der Waals surface area contributed by atoms with Crippen molar-refractivity contribution < 1.29 is 0 Å². The van der Waals surface area contributed by atoms with Gasteiger partial charge in [0.25, 0.3) is 0 Å². The molecule has 0 atom stereocenters. The highest BCUT2D eigenvalue weighted by Gasteiger charge is 1.99. The first kappa shape index (κ1) is 14.2. The van der Waals surface area contributed by atoms with E-state index >= 15 is 0 Å². The second-order valence-corrected chi connectivity index (χ2v) is 5.39. The van der Waals surface area contributed by atoms with E-state index in [0.29, 0.717) is 0 Å². The van der Waals surface area contributed by atoms with Gasteiger partial charge in [0.1, 0.15) is 0 Å². The third kappa shape index (κ3) is 5.43. The van der Waals surface area contributed by atoms with E-state index in [2.05, 4.69) is 61.5 Å². The standard InChI is InChI=1S/C12H18Br2N2/c1-2-15-6-3-7-16-9-10-8-11(13)4-5-12(10)14/h4-5,8,15-16H,2-3,6-7,9H2,1H3. The molecule has 1 rings (SSSR count). The Labute approximate surface area is 114 Å². The summed E-state index contributed by atoms with van der Waals surface area (Å²) < 4.78 is 2.29. The zero-order valence-electron chi connectivity index (χ0n) is 9.52. The summed E-state index contributed by atoms with van der Waals surface area (Å²) in [6, 6.07) is 6.25. The van der Waals surface area contributed by atoms with E-state index in [-0.39, 0.29) is 0 Å². The molecule has 0 aliphatic carbocycles. The van der Waals surface area contributed by atoms with Gasteiger partial charge in [-0.25, -0.2) is 0 Å². The highest BCUT2D eigenvalue weighted by atomic mass is 79.9. The SMILES string of the molecule is CCNCCCNCc1cc(Br)ccc1Br. The maximum atomic E-state index is 3.55. The van der Waals surface area contributed by atoms with Crippen LogP contribution in [0.5, 0.6) is 0 Å². The molecule has 2 nitrogen and oxygen atoms in total. The molecule has 0 bridgehead atoms. The molecular formula is C12H18Br2N2. The first-order chi connectivity index (χ1) is 7.74. The number of hydrogen-bond acceptors (Lipinski definition) is 2. The Hall–Kier alpha value is 0.1000. The zero-order valence-corrected chi connectivity index (χ0v) is 12.7. The summed E-state index contributed by atoms with van der Waals surface area (Å²) >= 11 is 7.03. The molecule has 0 amide bonds. The molecule has 4 heteroatoms. The lowest BCUT2D eigenvalue weighted by Crippen LogP contribution is -2.21. The summed E-state index contributed by atoms with van der Waals surface area (Å²) in [6.07, 6.45) is 1.17. The average molecular weight is 350 g/mol. The Bertz CT molecular complexity index is 316. The summed E-state index contributed by atoms with van der Waals surface area (Å²) in [5.74, 6) is 0. The topological polar surface area (TPSA) is 24.1 Å². The van der Waals surface area contributed by atoms with Gasteiger partial charge in [-0.2, -0.15) is 0 Å². The van der Waals surface area contributed by atoms with Crippen LogP contribution >= 0.6 is 31.9 Å². The molecule has 0 aromatic heterocycles. The summed E-state index contributed by atoms with van der Waals surface area (Å²) in [4.78, 5) is 0. The number of benzene rings is 1. The van der Waals surface area contributed by atoms with Crippen LogP contribution in [0, 0.1) is 0 Å². The zero-order chi connectivity index (χ0) is 11.8. The number of hydrogen-bond donors (Lipinski definition) is 2. The van der Waals surface area contributed by atoms with Crippen LogP contribution < -0.4 is 10.6 Å². The molecule has 0 unspecified atom stereocenters. The Balaban J connectivity index is 2.23. The van der Waals surface area contributed by atoms with Gasteiger partial charge in [-0.05, 0) is 49.8 Å². The number of rotatable bonds is 7. The minimum absolute atomic E-state index is 0.909. The van der Waals surface area contributed by atoms with E-state index in [9.17, 15) is 0 Å². The van der Waals surface area contributed by atoms with Crippen molar-refractivity contribution in [3.8, 4) is 0 Å². The van der Waals surface area contributed by atoms with E-state index in [1.807, 2.05) is 6.07 Å². The van der Waals surface area contributed by atoms with Gasteiger partial charge in [0, 0.05) is 15.5 Å². The molecule has 0 fully saturated rings. The van der Waals surface area contributed by atoms with Crippen molar-refractivity contribution in [3.63, 3.8) is 0 Å². The Morgan fingerprint density at radius 3 is 2.62 bits per heavy atom. The number of nitrogens with one attached hydrogen (secondary N) is 2. The number of halogens is 2. The van der Waals surface area contributed by atoms with Gasteiger partial charge < -0.3 is 10.6 Å². The second-order valence-electron chi connectivity index (χ2n) is 3.62. The molecule has 90 valence electrons. The van der Waals surface area contributed by atoms with Crippen molar-refractivity contribution >= 4 is 31.9 Å². The van der Waals surface area contributed by atoms with Gasteiger partial charge in [-0.3, -0.25) is 0 Å². The molecule has 2 N–H and O–H groups in total. The fourth-order valence-electron chi connectivity index (χ4n) is 1.42. The van der Waals surface area contributed by atoms with Crippen molar-refractivity contribution in [2.45, 2.75) is 19.9 Å². The van der Waals surface area contributed by atoms with Gasteiger partial charge >= 0.3 is 0 Å². The molecule has 0 saturated carbocycles.